The number of nitrogen functional groups attached to an aromatic ring is 1. The monoisotopic (exact) mass is 461 g/mol. The van der Waals surface area contributed by atoms with E-state index in [-0.39, 0.29) is 16.4 Å². The number of nitrogens with one attached hydrogen (secondary N) is 1. The molecule has 3 rings (SSSR count). The number of rotatable bonds is 9. The Labute approximate surface area is 189 Å². The van der Waals surface area contributed by atoms with Crippen molar-refractivity contribution in [2.45, 2.75) is 37.9 Å². The molecule has 0 aliphatic carbocycles. The molecule has 2 heterocycles. The van der Waals surface area contributed by atoms with E-state index in [1.54, 1.807) is 46.0 Å². The lowest BCUT2D eigenvalue weighted by atomic mass is 10.0. The number of Topliss-reactive ketones (excluding diaryl/α,β-unsaturated/α-hetero) is 1. The van der Waals surface area contributed by atoms with Crippen molar-refractivity contribution in [2.75, 3.05) is 17.3 Å². The summed E-state index contributed by atoms with van der Waals surface area (Å²) in [7, 11) is 5.35. The van der Waals surface area contributed by atoms with Gasteiger partial charge in [-0.05, 0) is 62.2 Å². The van der Waals surface area contributed by atoms with Crippen LogP contribution in [0.25, 0.3) is 10.1 Å². The van der Waals surface area contributed by atoms with Gasteiger partial charge in [0.25, 0.3) is 5.91 Å². The van der Waals surface area contributed by atoms with Gasteiger partial charge in [-0.15, -0.1) is 11.3 Å². The van der Waals surface area contributed by atoms with E-state index >= 15 is 0 Å². The average Bonchev–Trinajstić information content (AvgIpc) is 3.21. The molecule has 0 bridgehead atoms. The third-order valence-corrected chi connectivity index (χ3v) is 8.56. The standard InChI is InChI=1S/C22H27N3O2S3/c1-22(2,30-28-4)8-7-17(26)12-18-10-14-9-16(5-6-20(14)29-18)24-21(27)19-11-15(23)13-25(19)3/h5-6,9-11,13H,7-8,12,23H2,1-4H3,(H,24,27). The summed E-state index contributed by atoms with van der Waals surface area (Å²) in [5.41, 5.74) is 7.54. The molecule has 0 atom stereocenters. The van der Waals surface area contributed by atoms with Gasteiger partial charge in [-0.3, -0.25) is 9.59 Å². The van der Waals surface area contributed by atoms with Crippen molar-refractivity contribution >= 4 is 66.1 Å². The van der Waals surface area contributed by atoms with E-state index in [9.17, 15) is 9.59 Å². The van der Waals surface area contributed by atoms with Gasteiger partial charge in [0, 0.05) is 46.1 Å². The highest BCUT2D eigenvalue weighted by Crippen LogP contribution is 2.37. The maximum Gasteiger partial charge on any atom is 0.272 e. The molecule has 3 N–H and O–H groups in total. The Morgan fingerprint density at radius 2 is 2.00 bits per heavy atom. The zero-order chi connectivity index (χ0) is 21.9. The number of ketones is 1. The number of aryl methyl sites for hydroxylation is 1. The fourth-order valence-corrected chi connectivity index (χ4v) is 6.58. The fraction of sp³-hybridized carbons (Fsp3) is 0.364. The van der Waals surface area contributed by atoms with E-state index in [0.717, 1.165) is 27.1 Å². The second-order valence-electron chi connectivity index (χ2n) is 7.91. The van der Waals surface area contributed by atoms with Gasteiger partial charge in [-0.1, -0.05) is 21.6 Å². The van der Waals surface area contributed by atoms with Crippen molar-refractivity contribution in [1.82, 2.24) is 4.57 Å². The van der Waals surface area contributed by atoms with Crippen LogP contribution in [0.2, 0.25) is 0 Å². The molecule has 1 aromatic carbocycles. The van der Waals surface area contributed by atoms with Crippen LogP contribution in [0.4, 0.5) is 11.4 Å². The number of aromatic nitrogens is 1. The van der Waals surface area contributed by atoms with E-state index in [1.165, 1.54) is 0 Å². The van der Waals surface area contributed by atoms with E-state index in [4.69, 9.17) is 5.73 Å². The molecule has 1 amide bonds. The zero-order valence-corrected chi connectivity index (χ0v) is 20.1. The number of amides is 1. The van der Waals surface area contributed by atoms with Crippen LogP contribution in [-0.4, -0.2) is 27.3 Å². The first-order valence-electron chi connectivity index (χ1n) is 9.66. The number of carbonyl (C=O) groups excluding carboxylic acids is 2. The maximum absolute atomic E-state index is 12.5. The normalized spacial score (nSPS) is 11.7. The van der Waals surface area contributed by atoms with Crippen molar-refractivity contribution in [3.05, 3.63) is 47.1 Å². The first kappa shape index (κ1) is 22.8. The SMILES string of the molecule is CSSC(C)(C)CCC(=O)Cc1cc2cc(NC(=O)c3cc(N)cn3C)ccc2s1. The van der Waals surface area contributed by atoms with E-state index in [2.05, 4.69) is 31.5 Å². The van der Waals surface area contributed by atoms with Gasteiger partial charge < -0.3 is 15.6 Å². The molecule has 30 heavy (non-hydrogen) atoms. The first-order chi connectivity index (χ1) is 14.2. The van der Waals surface area contributed by atoms with E-state index in [0.29, 0.717) is 24.2 Å². The summed E-state index contributed by atoms with van der Waals surface area (Å²) >= 11 is 1.64. The van der Waals surface area contributed by atoms with Crippen LogP contribution in [0.15, 0.2) is 36.5 Å². The van der Waals surface area contributed by atoms with Gasteiger partial charge in [0.05, 0.1) is 5.69 Å². The molecule has 0 aliphatic rings. The smallest absolute Gasteiger partial charge is 0.272 e. The second-order valence-corrected chi connectivity index (χ2v) is 12.2. The zero-order valence-electron chi connectivity index (χ0n) is 17.7. The van der Waals surface area contributed by atoms with Gasteiger partial charge in [0.2, 0.25) is 0 Å². The molecular weight excluding hydrogens is 434 g/mol. The molecule has 160 valence electrons. The molecule has 3 aromatic rings. The van der Waals surface area contributed by atoms with Crippen LogP contribution in [0.3, 0.4) is 0 Å². The lowest BCUT2D eigenvalue weighted by molar-refractivity contribution is -0.118. The largest absolute Gasteiger partial charge is 0.397 e. The summed E-state index contributed by atoms with van der Waals surface area (Å²) in [5.74, 6) is 0.0658. The molecule has 0 saturated carbocycles. The molecular formula is C22H27N3O2S3. The predicted octanol–water partition coefficient (Wildman–Crippen LogP) is 5.76. The van der Waals surface area contributed by atoms with Gasteiger partial charge in [-0.25, -0.2) is 0 Å². The number of fused-ring (bicyclic) bond motifs is 1. The van der Waals surface area contributed by atoms with Gasteiger partial charge in [0.1, 0.15) is 11.5 Å². The van der Waals surface area contributed by atoms with E-state index < -0.39 is 0 Å². The minimum atomic E-state index is -0.204. The lowest BCUT2D eigenvalue weighted by Crippen LogP contribution is -2.16. The number of carbonyl (C=O) groups is 2. The topological polar surface area (TPSA) is 77.1 Å². The predicted molar refractivity (Wildman–Crippen MR) is 133 cm³/mol. The van der Waals surface area contributed by atoms with Crippen LogP contribution in [0.5, 0.6) is 0 Å². The number of nitrogens with zero attached hydrogens (tertiary/aromatic N) is 1. The molecule has 0 unspecified atom stereocenters. The van der Waals surface area contributed by atoms with Gasteiger partial charge >= 0.3 is 0 Å². The number of hydrogen-bond acceptors (Lipinski definition) is 6. The van der Waals surface area contributed by atoms with Crippen LogP contribution in [0.1, 0.15) is 42.1 Å². The van der Waals surface area contributed by atoms with Crippen LogP contribution in [-0.2, 0) is 18.3 Å². The highest BCUT2D eigenvalue weighted by Gasteiger charge is 2.20. The minimum absolute atomic E-state index is 0.103. The molecule has 0 saturated heterocycles. The summed E-state index contributed by atoms with van der Waals surface area (Å²) in [5, 5.41) is 3.95. The van der Waals surface area contributed by atoms with Crippen molar-refractivity contribution in [1.29, 1.82) is 0 Å². The van der Waals surface area contributed by atoms with E-state index in [1.807, 2.05) is 29.0 Å². The van der Waals surface area contributed by atoms with Gasteiger partial charge in [-0.2, -0.15) is 0 Å². The lowest BCUT2D eigenvalue weighted by Gasteiger charge is -2.21. The highest BCUT2D eigenvalue weighted by molar-refractivity contribution is 8.76. The van der Waals surface area contributed by atoms with Crippen LogP contribution < -0.4 is 11.1 Å². The quantitative estimate of drug-likeness (QED) is 0.396. The van der Waals surface area contributed by atoms with Gasteiger partial charge in [0.15, 0.2) is 0 Å². The van der Waals surface area contributed by atoms with Crippen molar-refractivity contribution in [2.24, 2.45) is 7.05 Å². The Bertz CT molecular complexity index is 1070. The summed E-state index contributed by atoms with van der Waals surface area (Å²) < 4.78 is 2.92. The molecule has 5 nitrogen and oxygen atoms in total. The molecule has 8 heteroatoms. The number of hydrogen-bond donors (Lipinski definition) is 2. The fourth-order valence-electron chi connectivity index (χ4n) is 3.26. The summed E-state index contributed by atoms with van der Waals surface area (Å²) in [6.45, 7) is 4.36. The Kier molecular flexibility index (Phi) is 7.21. The third-order valence-electron chi connectivity index (χ3n) is 4.77. The van der Waals surface area contributed by atoms with Crippen LogP contribution in [0, 0.1) is 0 Å². The average molecular weight is 462 g/mol. The Hall–Kier alpha value is -1.90. The maximum atomic E-state index is 12.5. The third kappa shape index (κ3) is 5.83. The number of thiophene rings is 1. The molecule has 0 spiro atoms. The van der Waals surface area contributed by atoms with Crippen molar-refractivity contribution in [3.8, 4) is 0 Å². The Morgan fingerprint density at radius 1 is 1.23 bits per heavy atom. The highest BCUT2D eigenvalue weighted by atomic mass is 33.1. The first-order valence-corrected chi connectivity index (χ1v) is 13.0. The molecule has 0 radical (unpaired) electrons. The summed E-state index contributed by atoms with van der Waals surface area (Å²) in [4.78, 5) is 26.0. The second kappa shape index (κ2) is 9.49. The summed E-state index contributed by atoms with van der Waals surface area (Å²) in [6, 6.07) is 9.52. The molecule has 2 aromatic heterocycles. The van der Waals surface area contributed by atoms with Crippen molar-refractivity contribution in [3.63, 3.8) is 0 Å². The van der Waals surface area contributed by atoms with Crippen molar-refractivity contribution < 1.29 is 9.59 Å². The minimum Gasteiger partial charge on any atom is -0.397 e. The Balaban J connectivity index is 1.65. The number of anilines is 2. The van der Waals surface area contributed by atoms with Crippen LogP contribution >= 0.6 is 32.9 Å². The molecule has 0 fully saturated rings. The summed E-state index contributed by atoms with van der Waals surface area (Å²) in [6.07, 6.45) is 5.71. The number of benzene rings is 1. The number of nitrogens with two attached hydrogens (primary N) is 1. The molecule has 0 aliphatic heterocycles. The Morgan fingerprint density at radius 3 is 2.67 bits per heavy atom.